The van der Waals surface area contributed by atoms with E-state index in [0.717, 1.165) is 0 Å². The van der Waals surface area contributed by atoms with Crippen LogP contribution in [0.5, 0.6) is 5.75 Å². The lowest BCUT2D eigenvalue weighted by atomic mass is 10.3. The van der Waals surface area contributed by atoms with E-state index in [9.17, 15) is 8.42 Å². The molecule has 0 saturated carbocycles. The van der Waals surface area contributed by atoms with Gasteiger partial charge < -0.3 is 10.5 Å². The molecule has 0 amide bonds. The van der Waals surface area contributed by atoms with E-state index >= 15 is 0 Å². The number of hydrogen-bond donors (Lipinski definition) is 1. The van der Waals surface area contributed by atoms with Crippen LogP contribution in [-0.2, 0) is 22.6 Å². The highest BCUT2D eigenvalue weighted by Gasteiger charge is 2.23. The number of anilines is 1. The second-order valence-corrected chi connectivity index (χ2v) is 6.97. The Morgan fingerprint density at radius 1 is 1.43 bits per heavy atom. The Morgan fingerprint density at radius 2 is 2.10 bits per heavy atom. The summed E-state index contributed by atoms with van der Waals surface area (Å²) in [5.41, 5.74) is 6.96. The summed E-state index contributed by atoms with van der Waals surface area (Å²) in [6.45, 7) is 1.72. The van der Waals surface area contributed by atoms with Crippen molar-refractivity contribution in [3.63, 3.8) is 0 Å². The van der Waals surface area contributed by atoms with Gasteiger partial charge in [0.1, 0.15) is 5.75 Å². The van der Waals surface area contributed by atoms with Gasteiger partial charge in [-0.3, -0.25) is 4.68 Å². The molecular formula is C13H16ClN3O3S. The summed E-state index contributed by atoms with van der Waals surface area (Å²) >= 11 is 6.10. The number of halogens is 1. The summed E-state index contributed by atoms with van der Waals surface area (Å²) in [5.74, 6) is 0.149. The van der Waals surface area contributed by atoms with Crippen LogP contribution in [-0.4, -0.2) is 25.3 Å². The van der Waals surface area contributed by atoms with Gasteiger partial charge in [0.15, 0.2) is 9.84 Å². The van der Waals surface area contributed by atoms with Crippen LogP contribution in [0.4, 0.5) is 5.69 Å². The maximum Gasteiger partial charge on any atom is 0.186 e. The first-order chi connectivity index (χ1) is 9.76. The molecule has 2 N–H and O–H groups in total. The molecule has 2 aromatic rings. The first-order valence-corrected chi connectivity index (χ1v) is 8.13. The van der Waals surface area contributed by atoms with Crippen molar-refractivity contribution in [2.24, 2.45) is 7.05 Å². The van der Waals surface area contributed by atoms with Crippen molar-refractivity contribution < 1.29 is 13.2 Å². The van der Waals surface area contributed by atoms with Crippen LogP contribution in [0.3, 0.4) is 0 Å². The average molecular weight is 330 g/mol. The summed E-state index contributed by atoms with van der Waals surface area (Å²) in [7, 11) is -0.546. The molecule has 0 saturated heterocycles. The zero-order valence-corrected chi connectivity index (χ0v) is 13.5. The van der Waals surface area contributed by atoms with Crippen LogP contribution >= 0.6 is 11.6 Å². The molecule has 0 aliphatic rings. The van der Waals surface area contributed by atoms with E-state index in [4.69, 9.17) is 22.1 Å². The van der Waals surface area contributed by atoms with Crippen molar-refractivity contribution in [1.82, 2.24) is 9.78 Å². The Balaban J connectivity index is 2.48. The number of sulfone groups is 1. The highest BCUT2D eigenvalue weighted by atomic mass is 35.5. The SMILES string of the molecule is COc1ccc(N)c(S(=O)(=O)Cc2c(Cl)c(C)nn2C)c1. The normalized spacial score (nSPS) is 11.6. The van der Waals surface area contributed by atoms with Gasteiger partial charge in [-0.1, -0.05) is 11.6 Å². The van der Waals surface area contributed by atoms with Gasteiger partial charge in [0.25, 0.3) is 0 Å². The molecule has 0 bridgehead atoms. The van der Waals surface area contributed by atoms with E-state index in [0.29, 0.717) is 22.2 Å². The average Bonchev–Trinajstić information content (AvgIpc) is 2.65. The van der Waals surface area contributed by atoms with Crippen LogP contribution in [0, 0.1) is 6.92 Å². The monoisotopic (exact) mass is 329 g/mol. The lowest BCUT2D eigenvalue weighted by Gasteiger charge is -2.10. The summed E-state index contributed by atoms with van der Waals surface area (Å²) in [4.78, 5) is 0.0248. The van der Waals surface area contributed by atoms with Gasteiger partial charge in [-0.15, -0.1) is 0 Å². The van der Waals surface area contributed by atoms with Gasteiger partial charge in [-0.05, 0) is 19.1 Å². The van der Waals surface area contributed by atoms with E-state index in [2.05, 4.69) is 5.10 Å². The molecule has 8 heteroatoms. The van der Waals surface area contributed by atoms with Crippen LogP contribution in [0.25, 0.3) is 0 Å². The van der Waals surface area contributed by atoms with Crippen LogP contribution in [0.1, 0.15) is 11.4 Å². The number of methoxy groups -OCH3 is 1. The quantitative estimate of drug-likeness (QED) is 0.866. The molecule has 1 heterocycles. The number of nitrogens with two attached hydrogens (primary N) is 1. The molecule has 2 rings (SSSR count). The number of ether oxygens (including phenoxy) is 1. The molecule has 0 aliphatic carbocycles. The van der Waals surface area contributed by atoms with Crippen LogP contribution < -0.4 is 10.5 Å². The molecule has 6 nitrogen and oxygen atoms in total. The Hall–Kier alpha value is -1.73. The number of aryl methyl sites for hydroxylation is 2. The fraction of sp³-hybridized carbons (Fsp3) is 0.308. The van der Waals surface area contributed by atoms with E-state index < -0.39 is 9.84 Å². The molecule has 1 aromatic heterocycles. The fourth-order valence-electron chi connectivity index (χ4n) is 2.01. The first kappa shape index (κ1) is 15.7. The Labute approximate surface area is 128 Å². The highest BCUT2D eigenvalue weighted by molar-refractivity contribution is 7.90. The summed E-state index contributed by atoms with van der Waals surface area (Å²) in [6, 6.07) is 4.51. The summed E-state index contributed by atoms with van der Waals surface area (Å²) < 4.78 is 31.6. The standard InChI is InChI=1S/C13H16ClN3O3S/c1-8-13(14)11(17(2)16-8)7-21(18,19)12-6-9(20-3)4-5-10(12)15/h4-6H,7,15H2,1-3H3. The van der Waals surface area contributed by atoms with E-state index in [1.165, 1.54) is 23.9 Å². The zero-order chi connectivity index (χ0) is 15.8. The second kappa shape index (κ2) is 5.57. The van der Waals surface area contributed by atoms with Crippen molar-refractivity contribution >= 4 is 27.1 Å². The van der Waals surface area contributed by atoms with Crippen LogP contribution in [0.2, 0.25) is 5.02 Å². The van der Waals surface area contributed by atoms with Gasteiger partial charge >= 0.3 is 0 Å². The summed E-state index contributed by atoms with van der Waals surface area (Å²) in [5, 5.41) is 4.46. The van der Waals surface area contributed by atoms with Gasteiger partial charge in [-0.25, -0.2) is 8.42 Å². The molecule has 0 radical (unpaired) electrons. The maximum absolute atomic E-state index is 12.6. The number of rotatable bonds is 4. The summed E-state index contributed by atoms with van der Waals surface area (Å²) in [6.07, 6.45) is 0. The Kier molecular flexibility index (Phi) is 4.15. The van der Waals surface area contributed by atoms with Crippen molar-refractivity contribution in [3.05, 3.63) is 34.6 Å². The predicted octanol–water partition coefficient (Wildman–Crippen LogP) is 1.95. The minimum absolute atomic E-state index is 0.0248. The number of benzene rings is 1. The molecule has 0 aliphatic heterocycles. The topological polar surface area (TPSA) is 87.2 Å². The van der Waals surface area contributed by atoms with Crippen LogP contribution in [0.15, 0.2) is 23.1 Å². The number of hydrogen-bond acceptors (Lipinski definition) is 5. The number of aromatic nitrogens is 2. The first-order valence-electron chi connectivity index (χ1n) is 6.10. The second-order valence-electron chi connectivity index (χ2n) is 4.63. The van der Waals surface area contributed by atoms with Gasteiger partial charge in [-0.2, -0.15) is 5.10 Å². The van der Waals surface area contributed by atoms with Crippen molar-refractivity contribution in [1.29, 1.82) is 0 Å². The Morgan fingerprint density at radius 3 is 2.62 bits per heavy atom. The Bertz CT molecular complexity index is 784. The minimum atomic E-state index is -3.66. The number of nitrogens with zero attached hydrogens (tertiary/aromatic N) is 2. The molecule has 0 spiro atoms. The van der Waals surface area contributed by atoms with Gasteiger partial charge in [0, 0.05) is 13.1 Å². The van der Waals surface area contributed by atoms with Crippen molar-refractivity contribution in [3.8, 4) is 5.75 Å². The van der Waals surface area contributed by atoms with Crippen molar-refractivity contribution in [2.45, 2.75) is 17.6 Å². The lowest BCUT2D eigenvalue weighted by molar-refractivity contribution is 0.413. The third-order valence-electron chi connectivity index (χ3n) is 3.14. The smallest absolute Gasteiger partial charge is 0.186 e. The fourth-order valence-corrected chi connectivity index (χ4v) is 3.88. The van der Waals surface area contributed by atoms with E-state index in [1.54, 1.807) is 20.0 Å². The molecular weight excluding hydrogens is 314 g/mol. The van der Waals surface area contributed by atoms with Crippen molar-refractivity contribution in [2.75, 3.05) is 12.8 Å². The lowest BCUT2D eigenvalue weighted by Crippen LogP contribution is -2.11. The molecule has 0 atom stereocenters. The van der Waals surface area contributed by atoms with Gasteiger partial charge in [0.05, 0.1) is 39.9 Å². The predicted molar refractivity (Wildman–Crippen MR) is 81.3 cm³/mol. The number of nitrogen functional groups attached to an aromatic ring is 1. The molecule has 114 valence electrons. The minimum Gasteiger partial charge on any atom is -0.497 e. The molecule has 0 fully saturated rings. The highest BCUT2D eigenvalue weighted by Crippen LogP contribution is 2.29. The van der Waals surface area contributed by atoms with Gasteiger partial charge in [0.2, 0.25) is 0 Å². The van der Waals surface area contributed by atoms with E-state index in [1.807, 2.05) is 0 Å². The maximum atomic E-state index is 12.6. The largest absolute Gasteiger partial charge is 0.497 e. The molecule has 21 heavy (non-hydrogen) atoms. The third kappa shape index (κ3) is 2.98. The molecule has 0 unspecified atom stereocenters. The molecule has 1 aromatic carbocycles. The third-order valence-corrected chi connectivity index (χ3v) is 5.31. The zero-order valence-electron chi connectivity index (χ0n) is 11.9. The van der Waals surface area contributed by atoms with E-state index in [-0.39, 0.29) is 16.3 Å².